The summed E-state index contributed by atoms with van der Waals surface area (Å²) in [5.74, 6) is -2.82. The first-order valence-corrected chi connectivity index (χ1v) is 33.4. The van der Waals surface area contributed by atoms with Crippen molar-refractivity contribution in [2.24, 2.45) is 0 Å². The van der Waals surface area contributed by atoms with Crippen molar-refractivity contribution in [1.82, 2.24) is 35.1 Å². The predicted molar refractivity (Wildman–Crippen MR) is 233 cm³/mol. The Morgan fingerprint density at radius 2 is 1.16 bits per heavy atom. The number of nitrogens with zero attached hydrogens (tertiary/aromatic N) is 4. The molecule has 6 rings (SSSR count). The van der Waals surface area contributed by atoms with Crippen molar-refractivity contribution in [2.45, 2.75) is 76.8 Å². The molecule has 3 unspecified atom stereocenters. The van der Waals surface area contributed by atoms with Crippen LogP contribution in [0.3, 0.4) is 0 Å². The molecule has 31 heteroatoms. The number of fused-ring (bicyclic) bond motifs is 2. The van der Waals surface area contributed by atoms with E-state index in [0.29, 0.717) is 48.7 Å². The molecule has 4 aromatic rings. The van der Waals surface area contributed by atoms with Gasteiger partial charge in [0.15, 0.2) is 17.2 Å². The van der Waals surface area contributed by atoms with Crippen molar-refractivity contribution < 1.29 is 110 Å². The monoisotopic (exact) mass is 1080 g/mol. The molecule has 0 aliphatic carbocycles. The van der Waals surface area contributed by atoms with E-state index in [1.54, 1.807) is 7.05 Å². The zero-order valence-electron chi connectivity index (χ0n) is 38.8. The molecule has 0 saturated heterocycles. The molecule has 3 atom stereocenters. The Morgan fingerprint density at radius 3 is 1.52 bits per heavy atom. The number of hydrogen-bond donors (Lipinski definition) is 4. The van der Waals surface area contributed by atoms with Gasteiger partial charge in [-0.2, -0.15) is 16.8 Å². The molecule has 2 aliphatic heterocycles. The normalized spacial score (nSPS) is 15.2. The predicted octanol–water partition coefficient (Wildman–Crippen LogP) is -7.29. The minimum absolute atomic E-state index is 0. The molecule has 0 spiro atoms. The van der Waals surface area contributed by atoms with Crippen LogP contribution in [0.4, 0.5) is 8.78 Å². The molecule has 5 N–H and O–H groups in total. The number of quaternary nitrogens is 1. The second kappa shape index (κ2) is 31.3. The number of aromatic nitrogens is 4. The number of carbonyl (C=O) groups is 2. The Hall–Kier alpha value is -2.31. The summed E-state index contributed by atoms with van der Waals surface area (Å²) in [5, 5.41) is 18.7. The van der Waals surface area contributed by atoms with E-state index in [9.17, 15) is 44.8 Å². The fourth-order valence-corrected chi connectivity index (χ4v) is 7.59. The van der Waals surface area contributed by atoms with Gasteiger partial charge < -0.3 is 52.2 Å². The van der Waals surface area contributed by atoms with Crippen LogP contribution in [0.5, 0.6) is 11.5 Å². The zero-order valence-corrected chi connectivity index (χ0v) is 48.1. The number of benzene rings is 2. The topological polar surface area (TPSA) is 316 Å². The number of hydrogen-bond acceptors (Lipinski definition) is 17. The molecule has 2 aromatic heterocycles. The second-order valence-electron chi connectivity index (χ2n) is 14.5. The van der Waals surface area contributed by atoms with Crippen LogP contribution in [0.15, 0.2) is 58.1 Å². The number of nitrogens with one attached hydrogen (secondary N) is 3. The third-order valence-corrected chi connectivity index (χ3v) is 10.7. The van der Waals surface area contributed by atoms with E-state index in [-0.39, 0.29) is 72.8 Å². The van der Waals surface area contributed by atoms with E-state index in [1.165, 1.54) is 101 Å². The van der Waals surface area contributed by atoms with Crippen molar-refractivity contribution in [2.75, 3.05) is 26.6 Å². The fourth-order valence-electron chi connectivity index (χ4n) is 6.69. The van der Waals surface area contributed by atoms with Gasteiger partial charge in [-0.3, -0.25) is 28.3 Å². The Bertz CT molecular complexity index is 2540. The van der Waals surface area contributed by atoms with E-state index in [1.807, 2.05) is 12.4 Å². The molecule has 0 fully saturated rings. The fraction of sp³-hybridized carbons (Fsp3) is 0.421. The van der Waals surface area contributed by atoms with Gasteiger partial charge in [0, 0.05) is 32.6 Å². The van der Waals surface area contributed by atoms with E-state index in [2.05, 4.69) is 30.6 Å². The first kappa shape index (κ1) is 64.7. The minimum atomic E-state index is -4.07. The van der Waals surface area contributed by atoms with Crippen LogP contribution < -0.4 is 92.9 Å². The van der Waals surface area contributed by atoms with E-state index < -0.39 is 80.3 Å². The van der Waals surface area contributed by atoms with Gasteiger partial charge in [-0.1, -0.05) is 24.3 Å². The Balaban J connectivity index is 0.000000593. The van der Waals surface area contributed by atoms with Crippen LogP contribution in [-0.4, -0.2) is 118 Å². The van der Waals surface area contributed by atoms with Gasteiger partial charge >= 0.3 is 102 Å². The van der Waals surface area contributed by atoms with Gasteiger partial charge in [-0.05, 0) is 79.1 Å². The summed E-state index contributed by atoms with van der Waals surface area (Å²) in [6.07, 6.45) is 6.21. The van der Waals surface area contributed by atoms with Crippen molar-refractivity contribution in [3.05, 3.63) is 115 Å². The summed E-state index contributed by atoms with van der Waals surface area (Å²) < 4.78 is 96.8. The molecule has 2 amide bonds. The Morgan fingerprint density at radius 1 is 0.783 bits per heavy atom. The summed E-state index contributed by atoms with van der Waals surface area (Å²) >= 11 is 2.89. The number of rotatable bonds is 13. The average molecular weight is 1080 g/mol. The summed E-state index contributed by atoms with van der Waals surface area (Å²) in [6, 6.07) is 10.6. The van der Waals surface area contributed by atoms with Crippen molar-refractivity contribution in [3.63, 3.8) is 0 Å². The molecule has 2 aliphatic rings. The summed E-state index contributed by atoms with van der Waals surface area (Å²) in [6.45, 7) is 0.786. The van der Waals surface area contributed by atoms with Crippen molar-refractivity contribution in [3.8, 4) is 11.5 Å². The van der Waals surface area contributed by atoms with Gasteiger partial charge in [0.2, 0.25) is 11.5 Å². The van der Waals surface area contributed by atoms with E-state index >= 15 is 0 Å². The molecule has 0 bridgehead atoms. The SMILES string of the molecule is CNC1CCCCn2c1nc(C(=O)NCc1ccc(F)cc1)c(OS(C)(=O)=O)c2=O.C[NH2+]C1CCCCn2c1nc(C(=O)NCc1ccc(F)cc1)c(OS(C)(=O)=O)c2=O.O=[P+]([O-])O[O-].[Cl-].[Na+].[Na][Na]. The quantitative estimate of drug-likeness (QED) is 0.0318. The van der Waals surface area contributed by atoms with Gasteiger partial charge in [-0.15, -0.1) is 0 Å². The molecule has 0 saturated carbocycles. The molecular weight excluding hydrogens is 1030 g/mol. The number of nitrogens with two attached hydrogens (primary N) is 1. The van der Waals surface area contributed by atoms with E-state index in [0.717, 1.165) is 38.2 Å². The van der Waals surface area contributed by atoms with Crippen LogP contribution in [-0.2, 0) is 55.7 Å². The first-order valence-electron chi connectivity index (χ1n) is 20.7. The molecule has 4 heterocycles. The molecule has 364 valence electrons. The van der Waals surface area contributed by atoms with Crippen LogP contribution in [0.2, 0.25) is 0 Å². The van der Waals surface area contributed by atoms with Crippen LogP contribution in [0.1, 0.15) is 94.4 Å². The molecule has 22 nitrogen and oxygen atoms in total. The van der Waals surface area contributed by atoms with Gasteiger partial charge in [0.1, 0.15) is 23.5 Å². The number of halogens is 3. The maximum atomic E-state index is 13.1. The van der Waals surface area contributed by atoms with Crippen LogP contribution in [0, 0.1) is 11.6 Å². The number of carbonyl (C=O) groups excluding carboxylic acids is 2. The second-order valence-corrected chi connectivity index (χ2v) is 18.2. The molecular formula is C38H47ClF2N8Na3O14PS2. The van der Waals surface area contributed by atoms with Crippen molar-refractivity contribution >= 4 is 83.9 Å². The zero-order chi connectivity index (χ0) is 50.1. The maximum absolute atomic E-state index is 13.1. The molecule has 69 heavy (non-hydrogen) atoms. The molecule has 0 radical (unpaired) electrons. The third-order valence-electron chi connectivity index (χ3n) is 9.67. The van der Waals surface area contributed by atoms with Gasteiger partial charge in [-0.25, -0.2) is 23.4 Å². The van der Waals surface area contributed by atoms with Crippen LogP contribution in [0.25, 0.3) is 0 Å². The molecule has 2 aromatic carbocycles. The standard InChI is InChI=1S/2C19H23FN4O5S.ClH.3Na.HO4P/c2*1-21-14-5-3-4-10-24-17(14)23-15(16(19(24)26)29-30(2,27)28)18(25)22-11-12-6-8-13(20)9-7-12;;;;;1-4-5(2)3/h2*6-9,14,21H,3-5,10-11H2,1-2H3,(H,22,25);1H;;;;1H/q;;;;;+1;/p-1. The van der Waals surface area contributed by atoms with Crippen molar-refractivity contribution in [1.29, 1.82) is 0 Å². The Labute approximate surface area is 454 Å². The summed E-state index contributed by atoms with van der Waals surface area (Å²) in [7, 11) is -7.72. The van der Waals surface area contributed by atoms with Gasteiger partial charge in [0.25, 0.3) is 22.9 Å². The summed E-state index contributed by atoms with van der Waals surface area (Å²) in [4.78, 5) is 69.3. The van der Waals surface area contributed by atoms with Gasteiger partial charge in [0.05, 0.1) is 25.6 Å². The number of amides is 2. The summed E-state index contributed by atoms with van der Waals surface area (Å²) in [5.41, 5.74) is -0.962. The third kappa shape index (κ3) is 20.6. The average Bonchev–Trinajstić information content (AvgIpc) is 3.64. The van der Waals surface area contributed by atoms with E-state index in [4.69, 9.17) is 23.1 Å². The van der Waals surface area contributed by atoms with Crippen LogP contribution >= 0.6 is 8.25 Å². The first-order chi connectivity index (χ1) is 31.7. The Kier molecular flexibility index (Phi) is 29.4.